The topological polar surface area (TPSA) is 78.9 Å². The summed E-state index contributed by atoms with van der Waals surface area (Å²) < 4.78 is 22.2. The molecule has 0 atom stereocenters. The Morgan fingerprint density at radius 3 is 2.74 bits per heavy atom. The molecule has 0 radical (unpaired) electrons. The van der Waals surface area contributed by atoms with Gasteiger partial charge in [-0.3, -0.25) is 4.79 Å². The second kappa shape index (κ2) is 4.16. The first-order valence-electron chi connectivity index (χ1n) is 7.47. The quantitative estimate of drug-likeness (QED) is 0.643. The minimum absolute atomic E-state index is 0.159. The van der Waals surface area contributed by atoms with Crippen LogP contribution in [0.25, 0.3) is 21.9 Å². The SMILES string of the molecule is COc1cc2oc3c(c2c2oc(=O)c4c(c12)CCC4=O)CCO3. The van der Waals surface area contributed by atoms with E-state index in [2.05, 4.69) is 0 Å². The van der Waals surface area contributed by atoms with Crippen LogP contribution in [0.1, 0.15) is 27.9 Å². The molecular formula is C17H12O6. The second-order valence-electron chi connectivity index (χ2n) is 5.79. The van der Waals surface area contributed by atoms with Crippen molar-refractivity contribution in [3.8, 4) is 11.7 Å². The van der Waals surface area contributed by atoms with Crippen LogP contribution in [0.15, 0.2) is 19.7 Å². The van der Waals surface area contributed by atoms with E-state index in [0.29, 0.717) is 59.7 Å². The van der Waals surface area contributed by atoms with Crippen molar-refractivity contribution in [1.29, 1.82) is 0 Å². The van der Waals surface area contributed by atoms with Gasteiger partial charge in [-0.15, -0.1) is 0 Å². The summed E-state index contributed by atoms with van der Waals surface area (Å²) in [7, 11) is 1.54. The number of benzene rings is 1. The fraction of sp³-hybridized carbons (Fsp3) is 0.294. The Morgan fingerprint density at radius 2 is 1.91 bits per heavy atom. The third kappa shape index (κ3) is 1.48. The van der Waals surface area contributed by atoms with Gasteiger partial charge in [0, 0.05) is 18.9 Å². The van der Waals surface area contributed by atoms with Crippen LogP contribution in [-0.4, -0.2) is 19.5 Å². The molecule has 3 aromatic rings. The summed E-state index contributed by atoms with van der Waals surface area (Å²) in [5.41, 5.74) is 2.18. The fourth-order valence-corrected chi connectivity index (χ4v) is 3.67. The highest BCUT2D eigenvalue weighted by Crippen LogP contribution is 2.44. The minimum atomic E-state index is -0.585. The molecule has 116 valence electrons. The van der Waals surface area contributed by atoms with Crippen molar-refractivity contribution in [2.24, 2.45) is 0 Å². The molecule has 1 aliphatic heterocycles. The molecule has 23 heavy (non-hydrogen) atoms. The van der Waals surface area contributed by atoms with Crippen molar-refractivity contribution in [1.82, 2.24) is 0 Å². The van der Waals surface area contributed by atoms with Gasteiger partial charge in [0.15, 0.2) is 11.4 Å². The number of fused-ring (bicyclic) bond motifs is 7. The molecule has 0 N–H and O–H groups in total. The molecule has 5 rings (SSSR count). The third-order valence-electron chi connectivity index (χ3n) is 4.65. The smallest absolute Gasteiger partial charge is 0.347 e. The highest BCUT2D eigenvalue weighted by atomic mass is 16.6. The average molecular weight is 312 g/mol. The number of carbonyl (C=O) groups is 1. The van der Waals surface area contributed by atoms with E-state index in [1.807, 2.05) is 0 Å². The van der Waals surface area contributed by atoms with Crippen molar-refractivity contribution in [3.63, 3.8) is 0 Å². The van der Waals surface area contributed by atoms with E-state index < -0.39 is 5.63 Å². The molecule has 0 bridgehead atoms. The van der Waals surface area contributed by atoms with Crippen LogP contribution in [-0.2, 0) is 12.8 Å². The van der Waals surface area contributed by atoms with Crippen LogP contribution in [0.5, 0.6) is 11.7 Å². The van der Waals surface area contributed by atoms with Gasteiger partial charge in [0.2, 0.25) is 0 Å². The summed E-state index contributed by atoms with van der Waals surface area (Å²) >= 11 is 0. The molecule has 0 saturated carbocycles. The number of furan rings is 1. The standard InChI is InChI=1S/C17H12O6/c1-20-10-6-11-14(8-4-5-21-17(8)22-11)15-13(10)7-2-3-9(18)12(7)16(19)23-15/h6H,2-5H2,1H3. The van der Waals surface area contributed by atoms with Crippen LogP contribution in [0.4, 0.5) is 0 Å². The zero-order valence-electron chi connectivity index (χ0n) is 12.4. The van der Waals surface area contributed by atoms with Crippen LogP contribution in [0, 0.1) is 0 Å². The van der Waals surface area contributed by atoms with Crippen LogP contribution in [0.3, 0.4) is 0 Å². The highest BCUT2D eigenvalue weighted by Gasteiger charge is 2.32. The van der Waals surface area contributed by atoms with Crippen molar-refractivity contribution in [2.75, 3.05) is 13.7 Å². The molecule has 1 aliphatic carbocycles. The monoisotopic (exact) mass is 312 g/mol. The number of rotatable bonds is 1. The Kier molecular flexibility index (Phi) is 2.30. The van der Waals surface area contributed by atoms with E-state index in [9.17, 15) is 9.59 Å². The Bertz CT molecular complexity index is 1070. The molecule has 2 aromatic heterocycles. The summed E-state index contributed by atoms with van der Waals surface area (Å²) in [5.74, 6) is 0.835. The van der Waals surface area contributed by atoms with E-state index in [1.165, 1.54) is 0 Å². The summed E-state index contributed by atoms with van der Waals surface area (Å²) in [6, 6.07) is 1.77. The number of Topliss-reactive ketones (excluding diaryl/α,β-unsaturated/α-hetero) is 1. The molecule has 6 heteroatoms. The fourth-order valence-electron chi connectivity index (χ4n) is 3.67. The first-order chi connectivity index (χ1) is 11.2. The van der Waals surface area contributed by atoms with Crippen LogP contribution < -0.4 is 15.1 Å². The van der Waals surface area contributed by atoms with E-state index in [0.717, 1.165) is 10.9 Å². The zero-order valence-corrected chi connectivity index (χ0v) is 12.4. The van der Waals surface area contributed by atoms with Gasteiger partial charge in [-0.05, 0) is 12.0 Å². The Balaban J connectivity index is 2.05. The van der Waals surface area contributed by atoms with Gasteiger partial charge < -0.3 is 18.3 Å². The number of ketones is 1. The molecule has 1 aromatic carbocycles. The molecule has 0 saturated heterocycles. The highest BCUT2D eigenvalue weighted by molar-refractivity contribution is 6.13. The van der Waals surface area contributed by atoms with Gasteiger partial charge in [-0.25, -0.2) is 4.79 Å². The Hall–Kier alpha value is -2.76. The molecule has 2 aliphatic rings. The molecule has 0 fully saturated rings. The van der Waals surface area contributed by atoms with Crippen molar-refractivity contribution in [3.05, 3.63) is 33.2 Å². The predicted octanol–water partition coefficient (Wildman–Crippen LogP) is 2.61. The van der Waals surface area contributed by atoms with Gasteiger partial charge in [-0.2, -0.15) is 0 Å². The first-order valence-corrected chi connectivity index (χ1v) is 7.47. The van der Waals surface area contributed by atoms with Gasteiger partial charge in [0.05, 0.1) is 30.1 Å². The van der Waals surface area contributed by atoms with Crippen LogP contribution in [0.2, 0.25) is 0 Å². The van der Waals surface area contributed by atoms with E-state index in [-0.39, 0.29) is 11.3 Å². The lowest BCUT2D eigenvalue weighted by atomic mass is 10.0. The van der Waals surface area contributed by atoms with Gasteiger partial charge in [0.25, 0.3) is 5.95 Å². The molecule has 0 unspecified atom stereocenters. The van der Waals surface area contributed by atoms with Gasteiger partial charge >= 0.3 is 5.63 Å². The van der Waals surface area contributed by atoms with Crippen LogP contribution >= 0.6 is 0 Å². The largest absolute Gasteiger partial charge is 0.496 e. The second-order valence-corrected chi connectivity index (χ2v) is 5.79. The number of hydrogen-bond donors (Lipinski definition) is 0. The number of ether oxygens (including phenoxy) is 2. The molecular weight excluding hydrogens is 300 g/mol. The van der Waals surface area contributed by atoms with Crippen molar-refractivity contribution >= 4 is 27.7 Å². The predicted molar refractivity (Wildman–Crippen MR) is 80.7 cm³/mol. The number of aryl methyl sites for hydroxylation is 1. The number of carbonyl (C=O) groups excluding carboxylic acids is 1. The van der Waals surface area contributed by atoms with E-state index in [4.69, 9.17) is 18.3 Å². The van der Waals surface area contributed by atoms with Crippen molar-refractivity contribution in [2.45, 2.75) is 19.3 Å². The summed E-state index contributed by atoms with van der Waals surface area (Å²) in [6.07, 6.45) is 1.55. The summed E-state index contributed by atoms with van der Waals surface area (Å²) in [4.78, 5) is 24.3. The molecule has 3 heterocycles. The van der Waals surface area contributed by atoms with Crippen molar-refractivity contribution < 1.29 is 23.1 Å². The van der Waals surface area contributed by atoms with E-state index >= 15 is 0 Å². The maximum absolute atomic E-state index is 12.3. The normalized spacial score (nSPS) is 16.0. The lowest BCUT2D eigenvalue weighted by Gasteiger charge is -2.09. The molecule has 0 spiro atoms. The lowest BCUT2D eigenvalue weighted by Crippen LogP contribution is -2.11. The summed E-state index contributed by atoms with van der Waals surface area (Å²) in [6.45, 7) is 0.547. The number of hydrogen-bond acceptors (Lipinski definition) is 6. The van der Waals surface area contributed by atoms with E-state index in [1.54, 1.807) is 13.2 Å². The first kappa shape index (κ1) is 12.8. The Morgan fingerprint density at radius 1 is 1.04 bits per heavy atom. The zero-order chi connectivity index (χ0) is 15.7. The third-order valence-corrected chi connectivity index (χ3v) is 4.65. The number of methoxy groups -OCH3 is 1. The maximum Gasteiger partial charge on any atom is 0.347 e. The molecule has 6 nitrogen and oxygen atoms in total. The average Bonchev–Trinajstić information content (AvgIpc) is 3.20. The maximum atomic E-state index is 12.3. The lowest BCUT2D eigenvalue weighted by molar-refractivity contribution is 0.0991. The van der Waals surface area contributed by atoms with Gasteiger partial charge in [0.1, 0.15) is 16.9 Å². The minimum Gasteiger partial charge on any atom is -0.496 e. The van der Waals surface area contributed by atoms with Gasteiger partial charge in [-0.1, -0.05) is 0 Å². The summed E-state index contributed by atoms with van der Waals surface area (Å²) in [5, 5.41) is 1.43. The Labute approximate surface area is 129 Å². The molecule has 0 amide bonds.